The minimum atomic E-state index is -0.136. The van der Waals surface area contributed by atoms with Gasteiger partial charge in [0.2, 0.25) is 0 Å². The van der Waals surface area contributed by atoms with Crippen molar-refractivity contribution in [2.24, 2.45) is 0 Å². The summed E-state index contributed by atoms with van der Waals surface area (Å²) in [5.74, 6) is 0.472. The van der Waals surface area contributed by atoms with Crippen LogP contribution in [0.15, 0.2) is 28.7 Å². The summed E-state index contributed by atoms with van der Waals surface area (Å²) >= 11 is 9.70. The predicted molar refractivity (Wildman–Crippen MR) is 79.4 cm³/mol. The molecule has 3 nitrogen and oxygen atoms in total. The Morgan fingerprint density at radius 2 is 2.00 bits per heavy atom. The first kappa shape index (κ1) is 13.4. The lowest BCUT2D eigenvalue weighted by Gasteiger charge is -2.15. The number of nitrogen functional groups attached to an aromatic ring is 1. The van der Waals surface area contributed by atoms with Crippen molar-refractivity contribution in [3.63, 3.8) is 0 Å². The number of aromatic nitrogens is 2. The molecule has 0 aliphatic heterocycles. The molecule has 0 bridgehead atoms. The fourth-order valence-corrected chi connectivity index (χ4v) is 2.48. The monoisotopic (exact) mass is 327 g/mol. The van der Waals surface area contributed by atoms with Crippen LogP contribution in [0.5, 0.6) is 0 Å². The van der Waals surface area contributed by atoms with Crippen molar-refractivity contribution in [2.45, 2.75) is 26.2 Å². The number of hydrogen-bond acceptors (Lipinski definition) is 2. The fourth-order valence-electron chi connectivity index (χ4n) is 1.70. The zero-order valence-electron chi connectivity index (χ0n) is 10.5. The third-order valence-electron chi connectivity index (χ3n) is 2.62. The van der Waals surface area contributed by atoms with Crippen LogP contribution in [0, 0.1) is 0 Å². The Morgan fingerprint density at radius 1 is 1.33 bits per heavy atom. The largest absolute Gasteiger partial charge is 0.382 e. The first-order valence-corrected chi connectivity index (χ1v) is 6.78. The predicted octanol–water partition coefficient (Wildman–Crippen LogP) is 4.17. The van der Waals surface area contributed by atoms with E-state index in [1.165, 1.54) is 0 Å². The summed E-state index contributed by atoms with van der Waals surface area (Å²) < 4.78 is 2.65. The molecule has 2 aromatic rings. The summed E-state index contributed by atoms with van der Waals surface area (Å²) in [5.41, 5.74) is 7.59. The van der Waals surface area contributed by atoms with Gasteiger partial charge in [0, 0.05) is 9.89 Å². The lowest BCUT2D eigenvalue weighted by molar-refractivity contribution is 0.560. The molecule has 0 aliphatic carbocycles. The third kappa shape index (κ3) is 2.40. The number of benzene rings is 1. The average molecular weight is 329 g/mol. The number of hydrogen-bond donors (Lipinski definition) is 1. The summed E-state index contributed by atoms with van der Waals surface area (Å²) in [4.78, 5) is 0. The zero-order valence-corrected chi connectivity index (χ0v) is 12.9. The van der Waals surface area contributed by atoms with Crippen molar-refractivity contribution >= 4 is 33.3 Å². The van der Waals surface area contributed by atoms with Crippen LogP contribution in [-0.4, -0.2) is 9.78 Å². The minimum absolute atomic E-state index is 0.136. The first-order valence-electron chi connectivity index (χ1n) is 5.61. The number of nitrogens with two attached hydrogens (primary N) is 1. The maximum atomic E-state index is 6.27. The topological polar surface area (TPSA) is 43.8 Å². The average Bonchev–Trinajstić information content (AvgIpc) is 2.55. The molecule has 0 radical (unpaired) electrons. The molecule has 2 rings (SSSR count). The molecule has 1 aromatic carbocycles. The van der Waals surface area contributed by atoms with Gasteiger partial charge >= 0.3 is 0 Å². The van der Waals surface area contributed by atoms with Gasteiger partial charge in [-0.15, -0.1) is 0 Å². The third-order valence-corrected chi connectivity index (χ3v) is 3.49. The zero-order chi connectivity index (χ0) is 13.5. The standard InChI is InChI=1S/C13H15BrClN3/c1-13(2,3)11-10(15)12(16)18(17-11)9-6-4-5-8(14)7-9/h4-7H,16H2,1-3H3. The number of nitrogens with zero attached hydrogens (tertiary/aromatic N) is 2. The van der Waals surface area contributed by atoms with Crippen molar-refractivity contribution in [3.8, 4) is 5.69 Å². The van der Waals surface area contributed by atoms with E-state index in [4.69, 9.17) is 17.3 Å². The second-order valence-corrected chi connectivity index (χ2v) is 6.48. The molecule has 0 saturated carbocycles. The molecule has 0 spiro atoms. The van der Waals surface area contributed by atoms with E-state index < -0.39 is 0 Å². The lowest BCUT2D eigenvalue weighted by atomic mass is 9.92. The van der Waals surface area contributed by atoms with E-state index in [2.05, 4.69) is 41.8 Å². The van der Waals surface area contributed by atoms with Crippen LogP contribution in [0.25, 0.3) is 5.69 Å². The van der Waals surface area contributed by atoms with Crippen LogP contribution in [0.3, 0.4) is 0 Å². The Labute approximate surface area is 120 Å². The van der Waals surface area contributed by atoms with Crippen molar-refractivity contribution in [1.29, 1.82) is 0 Å². The van der Waals surface area contributed by atoms with Crippen LogP contribution in [-0.2, 0) is 5.41 Å². The van der Waals surface area contributed by atoms with Crippen LogP contribution >= 0.6 is 27.5 Å². The molecule has 0 fully saturated rings. The van der Waals surface area contributed by atoms with E-state index in [9.17, 15) is 0 Å². The van der Waals surface area contributed by atoms with E-state index in [1.807, 2.05) is 24.3 Å². The second kappa shape index (κ2) is 4.59. The Bertz CT molecular complexity index is 584. The summed E-state index contributed by atoms with van der Waals surface area (Å²) in [6, 6.07) is 7.78. The molecule has 1 heterocycles. The van der Waals surface area contributed by atoms with Gasteiger partial charge in [-0.3, -0.25) is 0 Å². The molecular weight excluding hydrogens is 314 g/mol. The summed E-state index contributed by atoms with van der Waals surface area (Å²) in [5, 5.41) is 5.06. The van der Waals surface area contributed by atoms with Gasteiger partial charge in [0.15, 0.2) is 0 Å². The Kier molecular flexibility index (Phi) is 3.43. The lowest BCUT2D eigenvalue weighted by Crippen LogP contribution is -2.13. The highest BCUT2D eigenvalue weighted by molar-refractivity contribution is 9.10. The molecule has 0 unspecified atom stereocenters. The fraction of sp³-hybridized carbons (Fsp3) is 0.308. The van der Waals surface area contributed by atoms with Crippen molar-refractivity contribution < 1.29 is 0 Å². The van der Waals surface area contributed by atoms with E-state index in [-0.39, 0.29) is 5.41 Å². The molecule has 0 saturated heterocycles. The molecule has 18 heavy (non-hydrogen) atoms. The highest BCUT2D eigenvalue weighted by atomic mass is 79.9. The van der Waals surface area contributed by atoms with Crippen molar-refractivity contribution in [2.75, 3.05) is 5.73 Å². The number of halogens is 2. The van der Waals surface area contributed by atoms with Crippen LogP contribution in [0.1, 0.15) is 26.5 Å². The first-order chi connectivity index (χ1) is 8.30. The molecule has 96 valence electrons. The van der Waals surface area contributed by atoms with Crippen LogP contribution in [0.4, 0.5) is 5.82 Å². The van der Waals surface area contributed by atoms with E-state index in [0.29, 0.717) is 10.8 Å². The molecule has 0 aliphatic rings. The smallest absolute Gasteiger partial charge is 0.146 e. The van der Waals surface area contributed by atoms with Gasteiger partial charge in [0.25, 0.3) is 0 Å². The molecule has 2 N–H and O–H groups in total. The maximum absolute atomic E-state index is 6.27. The Hall–Kier alpha value is -1.00. The quantitative estimate of drug-likeness (QED) is 0.854. The normalized spacial score (nSPS) is 11.8. The van der Waals surface area contributed by atoms with Crippen molar-refractivity contribution in [1.82, 2.24) is 9.78 Å². The van der Waals surface area contributed by atoms with E-state index in [1.54, 1.807) is 4.68 Å². The SMILES string of the molecule is CC(C)(C)c1nn(-c2cccc(Br)c2)c(N)c1Cl. The molecule has 0 amide bonds. The van der Waals surface area contributed by atoms with Gasteiger partial charge < -0.3 is 5.73 Å². The van der Waals surface area contributed by atoms with Crippen LogP contribution < -0.4 is 5.73 Å². The highest BCUT2D eigenvalue weighted by Crippen LogP contribution is 2.34. The van der Waals surface area contributed by atoms with Crippen LogP contribution in [0.2, 0.25) is 5.02 Å². The molecule has 1 aromatic heterocycles. The Balaban J connectivity index is 2.60. The molecular formula is C13H15BrClN3. The van der Waals surface area contributed by atoms with Gasteiger partial charge in [-0.2, -0.15) is 5.10 Å². The van der Waals surface area contributed by atoms with Gasteiger partial charge in [0.1, 0.15) is 10.8 Å². The second-order valence-electron chi connectivity index (χ2n) is 5.19. The molecule has 5 heteroatoms. The van der Waals surface area contributed by atoms with Gasteiger partial charge in [-0.1, -0.05) is 54.4 Å². The van der Waals surface area contributed by atoms with Crippen molar-refractivity contribution in [3.05, 3.63) is 39.5 Å². The molecule has 0 atom stereocenters. The van der Waals surface area contributed by atoms with Gasteiger partial charge in [-0.05, 0) is 18.2 Å². The van der Waals surface area contributed by atoms with E-state index >= 15 is 0 Å². The van der Waals surface area contributed by atoms with Gasteiger partial charge in [0.05, 0.1) is 11.4 Å². The maximum Gasteiger partial charge on any atom is 0.146 e. The van der Waals surface area contributed by atoms with E-state index in [0.717, 1.165) is 15.9 Å². The summed E-state index contributed by atoms with van der Waals surface area (Å²) in [6.45, 7) is 6.18. The summed E-state index contributed by atoms with van der Waals surface area (Å²) in [7, 11) is 0. The minimum Gasteiger partial charge on any atom is -0.382 e. The number of anilines is 1. The summed E-state index contributed by atoms with van der Waals surface area (Å²) in [6.07, 6.45) is 0. The highest BCUT2D eigenvalue weighted by Gasteiger charge is 2.25. The Morgan fingerprint density at radius 3 is 2.50 bits per heavy atom. The van der Waals surface area contributed by atoms with Gasteiger partial charge in [-0.25, -0.2) is 4.68 Å². The number of rotatable bonds is 1.